The van der Waals surface area contributed by atoms with Crippen LogP contribution in [0.5, 0.6) is 0 Å². The van der Waals surface area contributed by atoms with Crippen molar-refractivity contribution in [1.82, 2.24) is 14.5 Å². The number of nitrogens with zero attached hydrogens (tertiary/aromatic N) is 4. The van der Waals surface area contributed by atoms with Crippen molar-refractivity contribution in [3.63, 3.8) is 0 Å². The highest BCUT2D eigenvalue weighted by Crippen LogP contribution is 2.33. The largest absolute Gasteiger partial charge is 0.357 e. The first-order valence-electron chi connectivity index (χ1n) is 12.8. The number of nitrogens with one attached hydrogen (secondary N) is 1. The van der Waals surface area contributed by atoms with Gasteiger partial charge in [0, 0.05) is 51.9 Å². The molecule has 1 aliphatic rings. The Morgan fingerprint density at radius 1 is 0.895 bits per heavy atom. The van der Waals surface area contributed by atoms with Crippen LogP contribution in [0, 0.1) is 10.1 Å². The van der Waals surface area contributed by atoms with Crippen molar-refractivity contribution < 1.29 is 13.3 Å². The normalized spacial score (nSPS) is 14.9. The quantitative estimate of drug-likeness (QED) is 0.214. The maximum Gasteiger partial charge on any atom is 0.293 e. The first-order chi connectivity index (χ1) is 18.3. The van der Waals surface area contributed by atoms with E-state index in [-0.39, 0.29) is 17.1 Å². The lowest BCUT2D eigenvalue weighted by Gasteiger charge is -2.32. The van der Waals surface area contributed by atoms with Gasteiger partial charge in [-0.15, -0.1) is 0 Å². The van der Waals surface area contributed by atoms with Gasteiger partial charge >= 0.3 is 0 Å². The van der Waals surface area contributed by atoms with E-state index in [2.05, 4.69) is 21.6 Å². The van der Waals surface area contributed by atoms with Crippen molar-refractivity contribution >= 4 is 21.4 Å². The molecule has 0 unspecified atom stereocenters. The van der Waals surface area contributed by atoms with E-state index in [9.17, 15) is 18.5 Å². The summed E-state index contributed by atoms with van der Waals surface area (Å²) in [6.07, 6.45) is 0.672. The molecule has 3 aromatic carbocycles. The summed E-state index contributed by atoms with van der Waals surface area (Å²) < 4.78 is 28.6. The number of likely N-dealkylation sites (N-methyl/N-ethyl adjacent to an activating group) is 1. The molecule has 0 radical (unpaired) electrons. The molecule has 0 amide bonds. The highest BCUT2D eigenvalue weighted by atomic mass is 32.2. The molecule has 1 aliphatic heterocycles. The third-order valence-corrected chi connectivity index (χ3v) is 8.22. The Morgan fingerprint density at radius 3 is 2.03 bits per heavy atom. The third-order valence-electron chi connectivity index (χ3n) is 6.77. The summed E-state index contributed by atoms with van der Waals surface area (Å²) in [4.78, 5) is 18.0. The number of hydrogen-bond donors (Lipinski definition) is 1. The Bertz CT molecular complexity index is 1260. The van der Waals surface area contributed by atoms with Gasteiger partial charge < -0.3 is 14.7 Å². The maximum atomic E-state index is 13.0. The maximum absolute atomic E-state index is 13.0. The van der Waals surface area contributed by atoms with E-state index in [1.165, 1.54) is 12.1 Å². The van der Waals surface area contributed by atoms with E-state index in [0.29, 0.717) is 25.2 Å². The van der Waals surface area contributed by atoms with Gasteiger partial charge in [0.15, 0.2) is 0 Å². The van der Waals surface area contributed by atoms with Crippen LogP contribution in [-0.4, -0.2) is 69.5 Å². The van der Waals surface area contributed by atoms with E-state index in [4.69, 9.17) is 0 Å². The number of rotatable bonds is 12. The number of anilines is 1. The van der Waals surface area contributed by atoms with E-state index >= 15 is 0 Å². The Balaban J connectivity index is 1.51. The minimum atomic E-state index is -3.89. The number of nitro benzene ring substituents is 1. The standard InChI is InChI=1S/C28H35N5O4S/c1-30-17-19-31(20-18-30)16-8-15-29-38(36,37)26-13-14-27(28(21-26)33(34)35)32(22-24-9-4-2-5-10-24)23-25-11-6-3-7-12-25/h2-7,9-14,21,29H,8,15-20,22-23H2,1H3. The van der Waals surface area contributed by atoms with Crippen molar-refractivity contribution in [2.24, 2.45) is 0 Å². The second-order valence-corrected chi connectivity index (χ2v) is 11.4. The van der Waals surface area contributed by atoms with E-state index in [1.54, 1.807) is 6.07 Å². The van der Waals surface area contributed by atoms with Crippen LogP contribution in [0.25, 0.3) is 0 Å². The molecule has 0 aliphatic carbocycles. The molecule has 0 atom stereocenters. The predicted molar refractivity (Wildman–Crippen MR) is 150 cm³/mol. The summed E-state index contributed by atoms with van der Waals surface area (Å²) >= 11 is 0. The summed E-state index contributed by atoms with van der Waals surface area (Å²) in [7, 11) is -1.79. The number of sulfonamides is 1. The lowest BCUT2D eigenvalue weighted by atomic mass is 10.1. The summed E-state index contributed by atoms with van der Waals surface area (Å²) in [5, 5.41) is 12.1. The summed E-state index contributed by atoms with van der Waals surface area (Å²) in [5.41, 5.74) is 2.13. The van der Waals surface area contributed by atoms with Crippen molar-refractivity contribution in [2.75, 3.05) is 51.2 Å². The fourth-order valence-electron chi connectivity index (χ4n) is 4.58. The highest BCUT2D eigenvalue weighted by molar-refractivity contribution is 7.89. The molecule has 1 fully saturated rings. The molecule has 1 N–H and O–H groups in total. The Labute approximate surface area is 224 Å². The summed E-state index contributed by atoms with van der Waals surface area (Å²) in [5.74, 6) is 0. The highest BCUT2D eigenvalue weighted by Gasteiger charge is 2.25. The summed E-state index contributed by atoms with van der Waals surface area (Å²) in [6, 6.07) is 23.6. The van der Waals surface area contributed by atoms with Crippen LogP contribution in [0.4, 0.5) is 11.4 Å². The second-order valence-electron chi connectivity index (χ2n) is 9.63. The first kappa shape index (κ1) is 27.7. The van der Waals surface area contributed by atoms with E-state index in [1.807, 2.05) is 65.6 Å². The average molecular weight is 538 g/mol. The van der Waals surface area contributed by atoms with Crippen molar-refractivity contribution in [3.8, 4) is 0 Å². The molecule has 10 heteroatoms. The molecule has 1 heterocycles. The molecule has 0 spiro atoms. The van der Waals surface area contributed by atoms with Crippen LogP contribution in [0.1, 0.15) is 17.5 Å². The van der Waals surface area contributed by atoms with Crippen LogP contribution < -0.4 is 9.62 Å². The topological polar surface area (TPSA) is 99.0 Å². The Hall–Kier alpha value is -3.31. The smallest absolute Gasteiger partial charge is 0.293 e. The van der Waals surface area contributed by atoms with Gasteiger partial charge in [-0.05, 0) is 43.3 Å². The Morgan fingerprint density at radius 2 is 1.47 bits per heavy atom. The fourth-order valence-corrected chi connectivity index (χ4v) is 5.68. The molecule has 0 saturated carbocycles. The molecule has 202 valence electrons. The zero-order valence-electron chi connectivity index (χ0n) is 21.7. The third kappa shape index (κ3) is 7.61. The number of hydrogen-bond acceptors (Lipinski definition) is 7. The number of nitro groups is 1. The van der Waals surface area contributed by atoms with Gasteiger partial charge in [0.05, 0.1) is 9.82 Å². The molecule has 0 aromatic heterocycles. The lowest BCUT2D eigenvalue weighted by molar-refractivity contribution is -0.384. The van der Waals surface area contributed by atoms with Gasteiger partial charge in [-0.2, -0.15) is 0 Å². The molecule has 4 rings (SSSR count). The van der Waals surface area contributed by atoms with E-state index < -0.39 is 14.9 Å². The van der Waals surface area contributed by atoms with Gasteiger partial charge in [0.25, 0.3) is 5.69 Å². The number of piperazine rings is 1. The molecule has 0 bridgehead atoms. The monoisotopic (exact) mass is 537 g/mol. The second kappa shape index (κ2) is 13.0. The van der Waals surface area contributed by atoms with Gasteiger partial charge in [-0.3, -0.25) is 10.1 Å². The van der Waals surface area contributed by atoms with Crippen LogP contribution in [0.3, 0.4) is 0 Å². The molecule has 38 heavy (non-hydrogen) atoms. The average Bonchev–Trinajstić information content (AvgIpc) is 2.92. The molecule has 9 nitrogen and oxygen atoms in total. The summed E-state index contributed by atoms with van der Waals surface area (Å²) in [6.45, 7) is 5.92. The zero-order valence-corrected chi connectivity index (χ0v) is 22.5. The SMILES string of the molecule is CN1CCN(CCCNS(=O)(=O)c2ccc(N(Cc3ccccc3)Cc3ccccc3)c([N+](=O)[O-])c2)CC1. The van der Waals surface area contributed by atoms with Gasteiger partial charge in [-0.1, -0.05) is 60.7 Å². The van der Waals surface area contributed by atoms with Crippen LogP contribution in [0.2, 0.25) is 0 Å². The van der Waals surface area contributed by atoms with Crippen molar-refractivity contribution in [2.45, 2.75) is 24.4 Å². The van der Waals surface area contributed by atoms with Crippen LogP contribution in [0.15, 0.2) is 83.8 Å². The van der Waals surface area contributed by atoms with Gasteiger partial charge in [0.2, 0.25) is 10.0 Å². The molecular formula is C28H35N5O4S. The molecule has 3 aromatic rings. The number of benzene rings is 3. The van der Waals surface area contributed by atoms with Crippen LogP contribution >= 0.6 is 0 Å². The Kier molecular flexibility index (Phi) is 9.46. The van der Waals surface area contributed by atoms with Crippen LogP contribution in [-0.2, 0) is 23.1 Å². The molecule has 1 saturated heterocycles. The van der Waals surface area contributed by atoms with Gasteiger partial charge in [0.1, 0.15) is 5.69 Å². The minimum absolute atomic E-state index is 0.105. The predicted octanol–water partition coefficient (Wildman–Crippen LogP) is 3.72. The fraction of sp³-hybridized carbons (Fsp3) is 0.357. The van der Waals surface area contributed by atoms with Crippen molar-refractivity contribution in [1.29, 1.82) is 0 Å². The first-order valence-corrected chi connectivity index (χ1v) is 14.3. The molecular weight excluding hydrogens is 502 g/mol. The van der Waals surface area contributed by atoms with Gasteiger partial charge in [-0.25, -0.2) is 13.1 Å². The van der Waals surface area contributed by atoms with Crippen molar-refractivity contribution in [3.05, 3.63) is 100 Å². The zero-order chi connectivity index (χ0) is 27.0. The lowest BCUT2D eigenvalue weighted by Crippen LogP contribution is -2.45. The van der Waals surface area contributed by atoms with E-state index in [0.717, 1.165) is 43.9 Å². The minimum Gasteiger partial charge on any atom is -0.357 e.